The van der Waals surface area contributed by atoms with Gasteiger partial charge in [0.15, 0.2) is 5.82 Å². The summed E-state index contributed by atoms with van der Waals surface area (Å²) >= 11 is 0. The zero-order valence-electron chi connectivity index (χ0n) is 15.3. The first-order chi connectivity index (χ1) is 14.4. The van der Waals surface area contributed by atoms with Gasteiger partial charge in [0.2, 0.25) is 5.91 Å². The fraction of sp³-hybridized carbons (Fsp3) is 0.0476. The van der Waals surface area contributed by atoms with Crippen LogP contribution >= 0.6 is 0 Å². The van der Waals surface area contributed by atoms with Gasteiger partial charge in [0.25, 0.3) is 0 Å². The van der Waals surface area contributed by atoms with E-state index in [1.54, 1.807) is 17.0 Å². The van der Waals surface area contributed by atoms with Gasteiger partial charge in [-0.05, 0) is 42.0 Å². The number of nitrogens with two attached hydrogens (primary N) is 1. The molecule has 3 aromatic rings. The summed E-state index contributed by atoms with van der Waals surface area (Å²) in [4.78, 5) is 29.2. The Hall–Kier alpha value is -4.45. The number of carbonyl (C=O) groups excluding carboxylic acids is 1. The molecule has 0 bridgehead atoms. The van der Waals surface area contributed by atoms with Crippen LogP contribution in [0.2, 0.25) is 0 Å². The van der Waals surface area contributed by atoms with Crippen molar-refractivity contribution in [3.05, 3.63) is 82.8 Å². The predicted molar refractivity (Wildman–Crippen MR) is 106 cm³/mol. The van der Waals surface area contributed by atoms with E-state index in [9.17, 15) is 24.3 Å². The second-order valence-electron chi connectivity index (χ2n) is 6.54. The number of hydrogen-bond donors (Lipinski definition) is 3. The quantitative estimate of drug-likeness (QED) is 0.609. The lowest BCUT2D eigenvalue weighted by Gasteiger charge is -2.28. The summed E-state index contributed by atoms with van der Waals surface area (Å²) in [7, 11) is 0. The Morgan fingerprint density at radius 1 is 1.20 bits per heavy atom. The maximum absolute atomic E-state index is 13.5. The van der Waals surface area contributed by atoms with Crippen molar-refractivity contribution in [1.29, 1.82) is 5.26 Å². The van der Waals surface area contributed by atoms with Crippen molar-refractivity contribution in [1.82, 2.24) is 4.98 Å². The van der Waals surface area contributed by atoms with Gasteiger partial charge in [-0.1, -0.05) is 12.1 Å². The Morgan fingerprint density at radius 3 is 2.57 bits per heavy atom. The van der Waals surface area contributed by atoms with E-state index in [0.717, 1.165) is 0 Å². The molecule has 1 aliphatic rings. The van der Waals surface area contributed by atoms with E-state index in [1.165, 1.54) is 42.6 Å². The molecule has 9 heteroatoms. The smallest absolute Gasteiger partial charge is 0.338 e. The summed E-state index contributed by atoms with van der Waals surface area (Å²) in [6, 6.07) is 13.4. The maximum atomic E-state index is 13.5. The third kappa shape index (κ3) is 3.06. The Kier molecular flexibility index (Phi) is 4.52. The van der Waals surface area contributed by atoms with Crippen LogP contribution in [-0.2, 0) is 0 Å². The number of nitrogens with zero attached hydrogens (tertiary/aromatic N) is 3. The number of aromatic carboxylic acids is 1. The number of amides is 1. The van der Waals surface area contributed by atoms with Crippen LogP contribution in [0.4, 0.5) is 21.6 Å². The molecule has 2 aromatic carbocycles. The van der Waals surface area contributed by atoms with E-state index in [1.807, 2.05) is 6.07 Å². The summed E-state index contributed by atoms with van der Waals surface area (Å²) in [5.74, 6) is -1.99. The zero-order chi connectivity index (χ0) is 21.4. The number of carboxylic acids is 1. The standard InChI is InChI=1S/C21H14FN5O3/c22-14-4-1-11(2-5-14)20-26-19-17(15(21(29)30)7-8-25-19)27(20)16-6-3-12(18(24)28)9-13(16)10-23/h1-9,20H,(H2,24,28)(H,25,26)(H,29,30). The highest BCUT2D eigenvalue weighted by Crippen LogP contribution is 2.47. The van der Waals surface area contributed by atoms with Crippen LogP contribution in [0.25, 0.3) is 0 Å². The third-order valence-corrected chi connectivity index (χ3v) is 4.77. The molecule has 1 amide bonds. The second kappa shape index (κ2) is 7.18. The molecule has 0 spiro atoms. The van der Waals surface area contributed by atoms with Crippen molar-refractivity contribution in [3.8, 4) is 6.07 Å². The molecule has 0 radical (unpaired) electrons. The van der Waals surface area contributed by atoms with Gasteiger partial charge >= 0.3 is 5.97 Å². The predicted octanol–water partition coefficient (Wildman–Crippen LogP) is 3.15. The summed E-state index contributed by atoms with van der Waals surface area (Å²) in [5.41, 5.74) is 6.77. The molecule has 0 saturated heterocycles. The van der Waals surface area contributed by atoms with E-state index in [4.69, 9.17) is 5.73 Å². The Labute approximate surface area is 170 Å². The number of nitriles is 1. The third-order valence-electron chi connectivity index (χ3n) is 4.77. The molecule has 1 aromatic heterocycles. The number of primary amides is 1. The zero-order valence-corrected chi connectivity index (χ0v) is 15.3. The lowest BCUT2D eigenvalue weighted by atomic mass is 10.0. The van der Waals surface area contributed by atoms with Crippen molar-refractivity contribution in [2.45, 2.75) is 6.17 Å². The number of halogens is 1. The van der Waals surface area contributed by atoms with Gasteiger partial charge in [-0.2, -0.15) is 5.26 Å². The van der Waals surface area contributed by atoms with Crippen LogP contribution in [0, 0.1) is 17.1 Å². The minimum atomic E-state index is -1.17. The normalized spacial score (nSPS) is 14.5. The molecule has 30 heavy (non-hydrogen) atoms. The first-order valence-corrected chi connectivity index (χ1v) is 8.78. The number of carbonyl (C=O) groups is 2. The van der Waals surface area contributed by atoms with Gasteiger partial charge in [0.1, 0.15) is 23.7 Å². The van der Waals surface area contributed by atoms with Crippen molar-refractivity contribution in [3.63, 3.8) is 0 Å². The molecular weight excluding hydrogens is 389 g/mol. The Bertz CT molecular complexity index is 1220. The lowest BCUT2D eigenvalue weighted by Crippen LogP contribution is -2.25. The van der Waals surface area contributed by atoms with E-state index >= 15 is 0 Å². The summed E-state index contributed by atoms with van der Waals surface area (Å²) in [6.45, 7) is 0. The van der Waals surface area contributed by atoms with Crippen molar-refractivity contribution >= 4 is 29.1 Å². The molecular formula is C21H14FN5O3. The average molecular weight is 403 g/mol. The molecule has 0 fully saturated rings. The van der Waals surface area contributed by atoms with Gasteiger partial charge in [0.05, 0.1) is 16.8 Å². The molecule has 0 saturated carbocycles. The van der Waals surface area contributed by atoms with Gasteiger partial charge in [-0.15, -0.1) is 0 Å². The molecule has 1 aliphatic heterocycles. The fourth-order valence-corrected chi connectivity index (χ4v) is 3.43. The minimum Gasteiger partial charge on any atom is -0.478 e. The highest BCUT2D eigenvalue weighted by atomic mass is 19.1. The van der Waals surface area contributed by atoms with E-state index < -0.39 is 23.9 Å². The summed E-state index contributed by atoms with van der Waals surface area (Å²) in [5, 5.41) is 22.5. The van der Waals surface area contributed by atoms with Crippen molar-refractivity contribution in [2.75, 3.05) is 10.2 Å². The number of anilines is 3. The topological polar surface area (TPSA) is 132 Å². The molecule has 8 nitrogen and oxygen atoms in total. The van der Waals surface area contributed by atoms with Crippen molar-refractivity contribution < 1.29 is 19.1 Å². The first-order valence-electron chi connectivity index (χ1n) is 8.78. The van der Waals surface area contributed by atoms with Gasteiger partial charge in [0, 0.05) is 11.8 Å². The van der Waals surface area contributed by atoms with Crippen LogP contribution in [0.5, 0.6) is 0 Å². The number of pyridine rings is 1. The summed E-state index contributed by atoms with van der Waals surface area (Å²) < 4.78 is 13.5. The van der Waals surface area contributed by atoms with Crippen LogP contribution in [0.3, 0.4) is 0 Å². The largest absolute Gasteiger partial charge is 0.478 e. The number of nitrogens with one attached hydrogen (secondary N) is 1. The van der Waals surface area contributed by atoms with Crippen LogP contribution < -0.4 is 16.0 Å². The number of aromatic nitrogens is 1. The summed E-state index contributed by atoms with van der Waals surface area (Å²) in [6.07, 6.45) is 0.696. The van der Waals surface area contributed by atoms with Crippen LogP contribution in [0.1, 0.15) is 38.0 Å². The number of benzene rings is 2. The number of rotatable bonds is 4. The minimum absolute atomic E-state index is 0.0278. The van der Waals surface area contributed by atoms with E-state index in [-0.39, 0.29) is 22.4 Å². The number of hydrogen-bond acceptors (Lipinski definition) is 6. The highest BCUT2D eigenvalue weighted by molar-refractivity contribution is 6.01. The molecule has 1 unspecified atom stereocenters. The van der Waals surface area contributed by atoms with Crippen molar-refractivity contribution in [2.24, 2.45) is 5.73 Å². The Morgan fingerprint density at radius 2 is 1.93 bits per heavy atom. The van der Waals surface area contributed by atoms with E-state index in [0.29, 0.717) is 17.1 Å². The van der Waals surface area contributed by atoms with E-state index in [2.05, 4.69) is 10.3 Å². The molecule has 148 valence electrons. The molecule has 4 N–H and O–H groups in total. The molecule has 4 rings (SSSR count). The number of carboxylic acid groups (broad SMARTS) is 1. The highest BCUT2D eigenvalue weighted by Gasteiger charge is 2.37. The monoisotopic (exact) mass is 403 g/mol. The molecule has 0 aliphatic carbocycles. The van der Waals surface area contributed by atoms with Crippen LogP contribution in [0.15, 0.2) is 54.7 Å². The van der Waals surface area contributed by atoms with Gasteiger partial charge < -0.3 is 21.1 Å². The number of fused-ring (bicyclic) bond motifs is 1. The average Bonchev–Trinajstić information content (AvgIpc) is 3.12. The lowest BCUT2D eigenvalue weighted by molar-refractivity contribution is 0.0697. The molecule has 2 heterocycles. The Balaban J connectivity index is 1.96. The van der Waals surface area contributed by atoms with Gasteiger partial charge in [-0.25, -0.2) is 14.2 Å². The maximum Gasteiger partial charge on any atom is 0.338 e. The van der Waals surface area contributed by atoms with Gasteiger partial charge in [-0.3, -0.25) is 4.79 Å². The fourth-order valence-electron chi connectivity index (χ4n) is 3.43. The second-order valence-corrected chi connectivity index (χ2v) is 6.54. The molecule has 1 atom stereocenters. The first kappa shape index (κ1) is 18.9. The SMILES string of the molecule is N#Cc1cc(C(N)=O)ccc1N1c2c(C(=O)O)ccnc2NC1c1ccc(F)cc1. The van der Waals surface area contributed by atoms with Crippen LogP contribution in [-0.4, -0.2) is 22.0 Å².